The van der Waals surface area contributed by atoms with E-state index < -0.39 is 10.0 Å². The van der Waals surface area contributed by atoms with E-state index in [-0.39, 0.29) is 23.1 Å². The summed E-state index contributed by atoms with van der Waals surface area (Å²) < 4.78 is 26.8. The number of anilines is 1. The molecule has 1 aliphatic heterocycles. The first kappa shape index (κ1) is 21.4. The largest absolute Gasteiger partial charge is 0.325 e. The number of Topliss-reactive ketones (excluding diaryl/α,β-unsaturated/α-hetero) is 1. The number of amides is 1. The fraction of sp³-hybridized carbons (Fsp3) is 0.300. The molecule has 1 heterocycles. The molecule has 1 N–H and O–H groups in total. The molecule has 9 heteroatoms. The van der Waals surface area contributed by atoms with Crippen LogP contribution < -0.4 is 5.32 Å². The first-order valence-electron chi connectivity index (χ1n) is 9.14. The van der Waals surface area contributed by atoms with Crippen LogP contribution in [0.5, 0.6) is 0 Å². The summed E-state index contributed by atoms with van der Waals surface area (Å²) in [4.78, 5) is 25.9. The van der Waals surface area contributed by atoms with Gasteiger partial charge in [-0.3, -0.25) is 14.5 Å². The number of benzene rings is 2. The summed E-state index contributed by atoms with van der Waals surface area (Å²) in [5.74, 6) is -0.279. The third-order valence-corrected chi connectivity index (χ3v) is 6.87. The van der Waals surface area contributed by atoms with Crippen LogP contribution in [-0.4, -0.2) is 62.0 Å². The maximum atomic E-state index is 12.7. The molecule has 0 bridgehead atoms. The zero-order valence-corrected chi connectivity index (χ0v) is 17.5. The van der Waals surface area contributed by atoms with Gasteiger partial charge >= 0.3 is 0 Å². The lowest BCUT2D eigenvalue weighted by atomic mass is 10.1. The van der Waals surface area contributed by atoms with E-state index in [1.54, 1.807) is 36.4 Å². The molecule has 2 aromatic rings. The predicted molar refractivity (Wildman–Crippen MR) is 112 cm³/mol. The van der Waals surface area contributed by atoms with Gasteiger partial charge in [-0.25, -0.2) is 8.42 Å². The molecule has 0 spiro atoms. The van der Waals surface area contributed by atoms with Crippen LogP contribution in [0.15, 0.2) is 53.4 Å². The van der Waals surface area contributed by atoms with Crippen molar-refractivity contribution in [2.24, 2.45) is 0 Å². The first-order chi connectivity index (χ1) is 13.8. The van der Waals surface area contributed by atoms with E-state index in [4.69, 9.17) is 11.6 Å². The van der Waals surface area contributed by atoms with Crippen LogP contribution in [-0.2, 0) is 14.8 Å². The van der Waals surface area contributed by atoms with Crippen molar-refractivity contribution in [2.75, 3.05) is 38.0 Å². The smallest absolute Gasteiger partial charge is 0.243 e. The first-order valence-corrected chi connectivity index (χ1v) is 11.0. The van der Waals surface area contributed by atoms with E-state index in [1.807, 2.05) is 4.90 Å². The number of hydrogen-bond acceptors (Lipinski definition) is 5. The molecular formula is C20H22ClN3O4S. The van der Waals surface area contributed by atoms with Gasteiger partial charge in [-0.2, -0.15) is 4.31 Å². The van der Waals surface area contributed by atoms with Crippen molar-refractivity contribution in [3.05, 3.63) is 59.1 Å². The van der Waals surface area contributed by atoms with Crippen molar-refractivity contribution in [2.45, 2.75) is 11.8 Å². The molecule has 3 rings (SSSR count). The molecule has 1 amide bonds. The third kappa shape index (κ3) is 5.42. The van der Waals surface area contributed by atoms with Crippen molar-refractivity contribution in [3.63, 3.8) is 0 Å². The number of halogens is 1. The second kappa shape index (κ2) is 9.04. The minimum atomic E-state index is -3.58. The zero-order chi connectivity index (χ0) is 21.0. The van der Waals surface area contributed by atoms with Crippen LogP contribution in [0.4, 0.5) is 5.69 Å². The van der Waals surface area contributed by atoms with Gasteiger partial charge in [0, 0.05) is 42.5 Å². The highest BCUT2D eigenvalue weighted by Gasteiger charge is 2.29. The van der Waals surface area contributed by atoms with Crippen LogP contribution in [0, 0.1) is 0 Å². The molecule has 2 aromatic carbocycles. The highest BCUT2D eigenvalue weighted by Crippen LogP contribution is 2.20. The minimum Gasteiger partial charge on any atom is -0.325 e. The summed E-state index contributed by atoms with van der Waals surface area (Å²) in [7, 11) is -3.58. The van der Waals surface area contributed by atoms with Gasteiger partial charge in [-0.1, -0.05) is 23.7 Å². The standard InChI is InChI=1S/C20H22ClN3O4S/c1-15(25)16-3-2-4-18(13-16)22-20(26)14-23-9-11-24(12-10-23)29(27,28)19-7-5-17(21)6-8-19/h2-8,13H,9-12,14H2,1H3,(H,22,26). The fourth-order valence-electron chi connectivity index (χ4n) is 3.10. The summed E-state index contributed by atoms with van der Waals surface area (Å²) in [6, 6.07) is 12.9. The van der Waals surface area contributed by atoms with Crippen LogP contribution in [0.2, 0.25) is 5.02 Å². The van der Waals surface area contributed by atoms with Gasteiger partial charge in [0.25, 0.3) is 0 Å². The Hall–Kier alpha value is -2.26. The van der Waals surface area contributed by atoms with Crippen molar-refractivity contribution in [1.29, 1.82) is 0 Å². The van der Waals surface area contributed by atoms with Gasteiger partial charge in [-0.05, 0) is 43.3 Å². The Morgan fingerprint density at radius 1 is 1.03 bits per heavy atom. The lowest BCUT2D eigenvalue weighted by Crippen LogP contribution is -2.50. The highest BCUT2D eigenvalue weighted by molar-refractivity contribution is 7.89. The average molecular weight is 436 g/mol. The lowest BCUT2D eigenvalue weighted by molar-refractivity contribution is -0.117. The van der Waals surface area contributed by atoms with Crippen LogP contribution in [0.25, 0.3) is 0 Å². The minimum absolute atomic E-state index is 0.0703. The number of sulfonamides is 1. The summed E-state index contributed by atoms with van der Waals surface area (Å²) in [5, 5.41) is 3.26. The molecule has 0 aliphatic carbocycles. The van der Waals surface area contributed by atoms with Crippen LogP contribution >= 0.6 is 11.6 Å². The Labute approximate surface area is 175 Å². The maximum Gasteiger partial charge on any atom is 0.243 e. The van der Waals surface area contributed by atoms with E-state index >= 15 is 0 Å². The Kier molecular flexibility index (Phi) is 6.69. The summed E-state index contributed by atoms with van der Waals surface area (Å²) in [5.41, 5.74) is 1.09. The van der Waals surface area contributed by atoms with Crippen LogP contribution in [0.3, 0.4) is 0 Å². The Bertz CT molecular complexity index is 1000. The second-order valence-corrected chi connectivity index (χ2v) is 9.19. The summed E-state index contributed by atoms with van der Waals surface area (Å²) in [6.45, 7) is 3.13. The molecule has 1 saturated heterocycles. The van der Waals surface area contributed by atoms with E-state index in [2.05, 4.69) is 5.32 Å². The van der Waals surface area contributed by atoms with Gasteiger partial charge in [-0.15, -0.1) is 0 Å². The molecule has 0 aromatic heterocycles. The normalized spacial score (nSPS) is 15.8. The van der Waals surface area contributed by atoms with E-state index in [1.165, 1.54) is 23.4 Å². The Balaban J connectivity index is 1.54. The molecule has 7 nitrogen and oxygen atoms in total. The molecule has 0 unspecified atom stereocenters. The number of rotatable bonds is 6. The van der Waals surface area contributed by atoms with Crippen molar-refractivity contribution in [3.8, 4) is 0 Å². The summed E-state index contributed by atoms with van der Waals surface area (Å²) in [6.07, 6.45) is 0. The molecule has 1 fully saturated rings. The zero-order valence-electron chi connectivity index (χ0n) is 16.0. The maximum absolute atomic E-state index is 12.7. The average Bonchev–Trinajstić information content (AvgIpc) is 2.69. The molecule has 29 heavy (non-hydrogen) atoms. The molecule has 0 radical (unpaired) electrons. The van der Waals surface area contributed by atoms with Gasteiger partial charge in [0.2, 0.25) is 15.9 Å². The monoisotopic (exact) mass is 435 g/mol. The number of ketones is 1. The topological polar surface area (TPSA) is 86.8 Å². The third-order valence-electron chi connectivity index (χ3n) is 4.70. The number of piperazine rings is 1. The summed E-state index contributed by atoms with van der Waals surface area (Å²) >= 11 is 5.83. The van der Waals surface area contributed by atoms with Crippen molar-refractivity contribution >= 4 is 39.0 Å². The van der Waals surface area contributed by atoms with Gasteiger partial charge in [0.1, 0.15) is 0 Å². The van der Waals surface area contributed by atoms with Gasteiger partial charge in [0.15, 0.2) is 5.78 Å². The molecule has 0 saturated carbocycles. The van der Waals surface area contributed by atoms with Crippen LogP contribution in [0.1, 0.15) is 17.3 Å². The van der Waals surface area contributed by atoms with E-state index in [9.17, 15) is 18.0 Å². The predicted octanol–water partition coefficient (Wildman–Crippen LogP) is 2.49. The molecule has 154 valence electrons. The van der Waals surface area contributed by atoms with Gasteiger partial charge < -0.3 is 5.32 Å². The van der Waals surface area contributed by atoms with E-state index in [0.29, 0.717) is 42.5 Å². The Morgan fingerprint density at radius 3 is 2.31 bits per heavy atom. The van der Waals surface area contributed by atoms with Gasteiger partial charge in [0.05, 0.1) is 11.4 Å². The lowest BCUT2D eigenvalue weighted by Gasteiger charge is -2.33. The Morgan fingerprint density at radius 2 is 1.69 bits per heavy atom. The van der Waals surface area contributed by atoms with Crippen molar-refractivity contribution in [1.82, 2.24) is 9.21 Å². The second-order valence-electron chi connectivity index (χ2n) is 6.82. The fourth-order valence-corrected chi connectivity index (χ4v) is 4.65. The highest BCUT2D eigenvalue weighted by atomic mass is 35.5. The number of nitrogens with one attached hydrogen (secondary N) is 1. The number of hydrogen-bond donors (Lipinski definition) is 1. The number of nitrogens with zero attached hydrogens (tertiary/aromatic N) is 2. The number of carbonyl (C=O) groups excluding carboxylic acids is 2. The molecule has 1 aliphatic rings. The molecular weight excluding hydrogens is 414 g/mol. The SMILES string of the molecule is CC(=O)c1cccc(NC(=O)CN2CCN(S(=O)(=O)c3ccc(Cl)cc3)CC2)c1. The van der Waals surface area contributed by atoms with Crippen molar-refractivity contribution < 1.29 is 18.0 Å². The quantitative estimate of drug-likeness (QED) is 0.704. The number of carbonyl (C=O) groups is 2. The van der Waals surface area contributed by atoms with E-state index in [0.717, 1.165) is 0 Å². The molecule has 0 atom stereocenters.